The molecule has 0 unspecified atom stereocenters. The number of aryl methyl sites for hydroxylation is 1. The molecule has 0 atom stereocenters. The Morgan fingerprint density at radius 2 is 2.33 bits per heavy atom. The fourth-order valence-corrected chi connectivity index (χ4v) is 1.75. The average molecular weight is 167 g/mol. The van der Waals surface area contributed by atoms with Gasteiger partial charge in [0.25, 0.3) is 0 Å². The highest BCUT2D eigenvalue weighted by molar-refractivity contribution is 4.99. The zero-order valence-corrected chi connectivity index (χ0v) is 7.36. The lowest BCUT2D eigenvalue weighted by Gasteiger charge is -2.42. The molecule has 1 aliphatic carbocycles. The Bertz CT molecular complexity index is 288. The van der Waals surface area contributed by atoms with Gasteiger partial charge in [-0.25, -0.2) is 4.68 Å². The summed E-state index contributed by atoms with van der Waals surface area (Å²) >= 11 is 0. The summed E-state index contributed by atoms with van der Waals surface area (Å²) < 4.78 is 1.86. The molecule has 1 saturated carbocycles. The molecule has 4 heteroatoms. The summed E-state index contributed by atoms with van der Waals surface area (Å²) in [5.41, 5.74) is 0.929. The predicted molar refractivity (Wildman–Crippen MR) is 43.6 cm³/mol. The van der Waals surface area contributed by atoms with Gasteiger partial charge in [0.05, 0.1) is 17.3 Å². The number of nitrogens with zero attached hydrogens (tertiary/aromatic N) is 3. The Balaban J connectivity index is 2.20. The van der Waals surface area contributed by atoms with E-state index in [1.165, 1.54) is 0 Å². The van der Waals surface area contributed by atoms with Crippen LogP contribution in [0.4, 0.5) is 0 Å². The van der Waals surface area contributed by atoms with Crippen LogP contribution >= 0.6 is 0 Å². The van der Waals surface area contributed by atoms with Crippen LogP contribution in [0.5, 0.6) is 0 Å². The minimum atomic E-state index is -0.153. The fourth-order valence-electron chi connectivity index (χ4n) is 1.75. The lowest BCUT2D eigenvalue weighted by atomic mass is 9.76. The van der Waals surface area contributed by atoms with E-state index in [0.29, 0.717) is 0 Å². The molecule has 12 heavy (non-hydrogen) atoms. The summed E-state index contributed by atoms with van der Waals surface area (Å²) in [6.45, 7) is 4.01. The number of hydrogen-bond acceptors (Lipinski definition) is 3. The van der Waals surface area contributed by atoms with Crippen molar-refractivity contribution in [1.29, 1.82) is 0 Å². The summed E-state index contributed by atoms with van der Waals surface area (Å²) in [5, 5.41) is 17.1. The van der Waals surface area contributed by atoms with Gasteiger partial charge in [-0.2, -0.15) is 0 Å². The molecule has 1 fully saturated rings. The van der Waals surface area contributed by atoms with Gasteiger partial charge in [-0.05, 0) is 26.7 Å². The smallest absolute Gasteiger partial charge is 0.0796 e. The lowest BCUT2D eigenvalue weighted by molar-refractivity contribution is -0.0190. The molecule has 0 spiro atoms. The molecule has 1 aliphatic rings. The van der Waals surface area contributed by atoms with Gasteiger partial charge in [0.1, 0.15) is 0 Å². The second kappa shape index (κ2) is 2.29. The molecule has 1 heterocycles. The van der Waals surface area contributed by atoms with Crippen molar-refractivity contribution in [2.45, 2.75) is 38.3 Å². The van der Waals surface area contributed by atoms with Crippen LogP contribution in [0.2, 0.25) is 0 Å². The molecule has 4 nitrogen and oxygen atoms in total. The van der Waals surface area contributed by atoms with Crippen LogP contribution in [0.25, 0.3) is 0 Å². The third kappa shape index (κ3) is 1.03. The molecule has 2 rings (SSSR count). The maximum absolute atomic E-state index is 9.19. The number of aliphatic hydroxyl groups excluding tert-OH is 1. The molecule has 0 bridgehead atoms. The summed E-state index contributed by atoms with van der Waals surface area (Å²) in [6, 6.07) is 0. The van der Waals surface area contributed by atoms with Crippen molar-refractivity contribution in [3.63, 3.8) is 0 Å². The summed E-state index contributed by atoms with van der Waals surface area (Å²) in [5.74, 6) is 0. The monoisotopic (exact) mass is 167 g/mol. The third-order valence-corrected chi connectivity index (χ3v) is 2.51. The van der Waals surface area contributed by atoms with Crippen molar-refractivity contribution in [3.05, 3.63) is 11.9 Å². The molecule has 1 aromatic heterocycles. The van der Waals surface area contributed by atoms with Gasteiger partial charge in [0.2, 0.25) is 0 Å². The third-order valence-electron chi connectivity index (χ3n) is 2.51. The van der Waals surface area contributed by atoms with Crippen molar-refractivity contribution < 1.29 is 5.11 Å². The van der Waals surface area contributed by atoms with E-state index in [4.69, 9.17) is 0 Å². The van der Waals surface area contributed by atoms with Crippen molar-refractivity contribution in [2.24, 2.45) is 0 Å². The first-order valence-corrected chi connectivity index (χ1v) is 4.18. The quantitative estimate of drug-likeness (QED) is 0.661. The van der Waals surface area contributed by atoms with Crippen LogP contribution in [0.1, 0.15) is 25.5 Å². The van der Waals surface area contributed by atoms with Gasteiger partial charge in [-0.1, -0.05) is 5.21 Å². The minimum absolute atomic E-state index is 0.000671. The first kappa shape index (κ1) is 7.73. The number of hydrogen-bond donors (Lipinski definition) is 1. The zero-order valence-electron chi connectivity index (χ0n) is 7.36. The number of aromatic nitrogens is 3. The van der Waals surface area contributed by atoms with E-state index >= 15 is 0 Å². The van der Waals surface area contributed by atoms with Crippen LogP contribution in [0.3, 0.4) is 0 Å². The molecule has 1 aromatic rings. The summed E-state index contributed by atoms with van der Waals surface area (Å²) in [4.78, 5) is 0. The SMILES string of the molecule is Cc1cn(C2(C)CC(O)C2)nn1. The second-order valence-corrected chi connectivity index (χ2v) is 3.86. The predicted octanol–water partition coefficient (Wildman–Crippen LogP) is 0.456. The standard InChI is InChI=1S/C8H13N3O/c1-6-5-11(10-9-6)8(2)3-7(12)4-8/h5,7,12H,3-4H2,1-2H3. The van der Waals surface area contributed by atoms with Crippen molar-refractivity contribution in [1.82, 2.24) is 15.0 Å². The number of rotatable bonds is 1. The summed E-state index contributed by atoms with van der Waals surface area (Å²) in [6.07, 6.45) is 3.34. The van der Waals surface area contributed by atoms with Crippen LogP contribution in [0.15, 0.2) is 6.20 Å². The van der Waals surface area contributed by atoms with Crippen molar-refractivity contribution in [3.8, 4) is 0 Å². The molecular formula is C8H13N3O. The highest BCUT2D eigenvalue weighted by Gasteiger charge is 2.41. The molecule has 0 aliphatic heterocycles. The van der Waals surface area contributed by atoms with Crippen LogP contribution in [0, 0.1) is 6.92 Å². The minimum Gasteiger partial charge on any atom is -0.393 e. The Morgan fingerprint density at radius 1 is 1.67 bits per heavy atom. The Morgan fingerprint density at radius 3 is 2.75 bits per heavy atom. The first-order valence-electron chi connectivity index (χ1n) is 4.18. The molecule has 0 aromatic carbocycles. The maximum atomic E-state index is 9.19. The van der Waals surface area contributed by atoms with Crippen LogP contribution in [-0.4, -0.2) is 26.2 Å². The van der Waals surface area contributed by atoms with Crippen LogP contribution < -0.4 is 0 Å². The van der Waals surface area contributed by atoms with Crippen molar-refractivity contribution >= 4 is 0 Å². The van der Waals surface area contributed by atoms with Crippen LogP contribution in [-0.2, 0) is 5.54 Å². The number of aliphatic hydroxyl groups is 1. The van der Waals surface area contributed by atoms with E-state index in [1.54, 1.807) is 0 Å². The van der Waals surface area contributed by atoms with E-state index in [9.17, 15) is 5.11 Å². The van der Waals surface area contributed by atoms with E-state index < -0.39 is 0 Å². The van der Waals surface area contributed by atoms with E-state index in [1.807, 2.05) is 17.8 Å². The molecular weight excluding hydrogens is 154 g/mol. The Hall–Kier alpha value is -0.900. The Kier molecular flexibility index (Phi) is 1.48. The Labute approximate surface area is 71.2 Å². The van der Waals surface area contributed by atoms with E-state index in [2.05, 4.69) is 17.2 Å². The molecule has 66 valence electrons. The molecule has 0 amide bonds. The van der Waals surface area contributed by atoms with Gasteiger partial charge in [0.15, 0.2) is 0 Å². The zero-order chi connectivity index (χ0) is 8.77. The van der Waals surface area contributed by atoms with Gasteiger partial charge < -0.3 is 5.11 Å². The van der Waals surface area contributed by atoms with Gasteiger partial charge in [-0.15, -0.1) is 5.10 Å². The molecule has 0 saturated heterocycles. The topological polar surface area (TPSA) is 50.9 Å². The normalized spacial score (nSPS) is 34.8. The highest BCUT2D eigenvalue weighted by atomic mass is 16.3. The average Bonchev–Trinajstić information content (AvgIpc) is 2.33. The molecule has 0 radical (unpaired) electrons. The highest BCUT2D eigenvalue weighted by Crippen LogP contribution is 2.38. The summed E-state index contributed by atoms with van der Waals surface area (Å²) in [7, 11) is 0. The fraction of sp³-hybridized carbons (Fsp3) is 0.750. The van der Waals surface area contributed by atoms with Gasteiger partial charge in [-0.3, -0.25) is 0 Å². The van der Waals surface area contributed by atoms with Crippen molar-refractivity contribution in [2.75, 3.05) is 0 Å². The van der Waals surface area contributed by atoms with Gasteiger partial charge in [0, 0.05) is 6.20 Å². The molecule has 1 N–H and O–H groups in total. The largest absolute Gasteiger partial charge is 0.393 e. The van der Waals surface area contributed by atoms with Gasteiger partial charge >= 0.3 is 0 Å². The van der Waals surface area contributed by atoms with E-state index in [-0.39, 0.29) is 11.6 Å². The maximum Gasteiger partial charge on any atom is 0.0796 e. The van der Waals surface area contributed by atoms with E-state index in [0.717, 1.165) is 18.5 Å². The first-order chi connectivity index (χ1) is 5.60. The lowest BCUT2D eigenvalue weighted by Crippen LogP contribution is -2.47. The second-order valence-electron chi connectivity index (χ2n) is 3.86.